The van der Waals surface area contributed by atoms with E-state index in [-0.39, 0.29) is 16.1 Å². The number of sulfone groups is 1. The van der Waals surface area contributed by atoms with Gasteiger partial charge in [-0.25, -0.2) is 18.1 Å². The first-order valence-electron chi connectivity index (χ1n) is 7.79. The molecule has 0 radical (unpaired) electrons. The number of rotatable bonds is 3. The summed E-state index contributed by atoms with van der Waals surface area (Å²) in [6.07, 6.45) is -8.69. The van der Waals surface area contributed by atoms with E-state index >= 15 is 0 Å². The summed E-state index contributed by atoms with van der Waals surface area (Å²) < 4.78 is 102. The number of hydrogen-bond donors (Lipinski definition) is 0. The van der Waals surface area contributed by atoms with Crippen LogP contribution >= 0.6 is 0 Å². The summed E-state index contributed by atoms with van der Waals surface area (Å²) >= 11 is 0. The molecule has 0 unspecified atom stereocenters. The fourth-order valence-corrected chi connectivity index (χ4v) is 3.10. The molecule has 0 aliphatic rings. The van der Waals surface area contributed by atoms with Gasteiger partial charge in [0.1, 0.15) is 0 Å². The van der Waals surface area contributed by atoms with E-state index in [1.54, 1.807) is 0 Å². The normalized spacial score (nSPS) is 12.9. The van der Waals surface area contributed by atoms with E-state index in [0.717, 1.165) is 30.5 Å². The van der Waals surface area contributed by atoms with Crippen molar-refractivity contribution in [1.82, 2.24) is 14.8 Å². The molecule has 1 aromatic heterocycles. The second-order valence-electron chi connectivity index (χ2n) is 6.01. The van der Waals surface area contributed by atoms with E-state index in [1.165, 1.54) is 18.2 Å². The highest BCUT2D eigenvalue weighted by atomic mass is 32.2. The number of alkyl halides is 6. The Morgan fingerprint density at radius 2 is 1.52 bits per heavy atom. The first-order chi connectivity index (χ1) is 13.3. The van der Waals surface area contributed by atoms with Gasteiger partial charge in [0.2, 0.25) is 0 Å². The van der Waals surface area contributed by atoms with Crippen LogP contribution in [-0.4, -0.2) is 29.4 Å². The molecule has 0 amide bonds. The minimum Gasteiger partial charge on any atom is -0.224 e. The van der Waals surface area contributed by atoms with Gasteiger partial charge < -0.3 is 0 Å². The second-order valence-corrected chi connectivity index (χ2v) is 8.03. The minimum absolute atomic E-state index is 0.00666. The van der Waals surface area contributed by atoms with E-state index in [1.807, 2.05) is 0 Å². The second kappa shape index (κ2) is 6.87. The van der Waals surface area contributed by atoms with Crippen LogP contribution in [0.5, 0.6) is 0 Å². The Kier molecular flexibility index (Phi) is 4.93. The first kappa shape index (κ1) is 20.8. The molecule has 0 fully saturated rings. The fraction of sp³-hybridized carbons (Fsp3) is 0.176. The molecule has 0 aliphatic heterocycles. The smallest absolute Gasteiger partial charge is 0.224 e. The topological polar surface area (TPSA) is 64.8 Å². The standard InChI is InChI=1S/C17H11F6N3O2S/c1-29(27,28)13-7-5-12(6-8-13)26-14(24-15(25-26)17(21,22)23)10-3-2-4-11(9-10)16(18,19)20/h2-9H,1H3. The third-order valence-electron chi connectivity index (χ3n) is 3.82. The van der Waals surface area contributed by atoms with E-state index in [4.69, 9.17) is 0 Å². The number of benzene rings is 2. The minimum atomic E-state index is -4.94. The molecule has 2 aromatic carbocycles. The molecule has 29 heavy (non-hydrogen) atoms. The Hall–Kier alpha value is -2.89. The van der Waals surface area contributed by atoms with Crippen molar-refractivity contribution >= 4 is 9.84 Å². The monoisotopic (exact) mass is 435 g/mol. The molecule has 154 valence electrons. The molecule has 0 saturated heterocycles. The maximum atomic E-state index is 13.1. The van der Waals surface area contributed by atoms with E-state index < -0.39 is 39.4 Å². The van der Waals surface area contributed by atoms with Crippen LogP contribution < -0.4 is 0 Å². The number of aromatic nitrogens is 3. The SMILES string of the molecule is CS(=O)(=O)c1ccc(-n2nc(C(F)(F)F)nc2-c2cccc(C(F)(F)F)c2)cc1. The predicted octanol–water partition coefficient (Wildman–Crippen LogP) is 4.38. The summed E-state index contributed by atoms with van der Waals surface area (Å²) in [5.41, 5.74) is -1.31. The zero-order valence-corrected chi connectivity index (χ0v) is 15.3. The quantitative estimate of drug-likeness (QED) is 0.573. The van der Waals surface area contributed by atoms with Crippen LogP contribution in [0.25, 0.3) is 17.1 Å². The maximum absolute atomic E-state index is 13.1. The number of hydrogen-bond acceptors (Lipinski definition) is 4. The summed E-state index contributed by atoms with van der Waals surface area (Å²) in [5.74, 6) is -2.02. The van der Waals surface area contributed by atoms with Gasteiger partial charge in [-0.1, -0.05) is 12.1 Å². The van der Waals surface area contributed by atoms with Gasteiger partial charge in [-0.05, 0) is 36.4 Å². The Balaban J connectivity index is 2.19. The highest BCUT2D eigenvalue weighted by Crippen LogP contribution is 2.34. The van der Waals surface area contributed by atoms with Crippen LogP contribution in [0.2, 0.25) is 0 Å². The molecule has 3 aromatic rings. The van der Waals surface area contributed by atoms with Crippen molar-refractivity contribution < 1.29 is 34.8 Å². The molecular formula is C17H11F6N3O2S. The molecule has 0 bridgehead atoms. The molecule has 0 aliphatic carbocycles. The zero-order chi connectivity index (χ0) is 21.6. The molecular weight excluding hydrogens is 424 g/mol. The lowest BCUT2D eigenvalue weighted by atomic mass is 10.1. The summed E-state index contributed by atoms with van der Waals surface area (Å²) in [5, 5.41) is 3.36. The van der Waals surface area contributed by atoms with Gasteiger partial charge in [0.05, 0.1) is 16.1 Å². The molecule has 1 heterocycles. The van der Waals surface area contributed by atoms with Crippen LogP contribution in [0.4, 0.5) is 26.3 Å². The van der Waals surface area contributed by atoms with Crippen molar-refractivity contribution in [2.45, 2.75) is 17.2 Å². The molecule has 5 nitrogen and oxygen atoms in total. The summed E-state index contributed by atoms with van der Waals surface area (Å²) in [6.45, 7) is 0. The van der Waals surface area contributed by atoms with Crippen molar-refractivity contribution in [3.63, 3.8) is 0 Å². The highest BCUT2D eigenvalue weighted by Gasteiger charge is 2.38. The molecule has 12 heteroatoms. The van der Waals surface area contributed by atoms with Crippen LogP contribution in [0.3, 0.4) is 0 Å². The fourth-order valence-electron chi connectivity index (χ4n) is 2.47. The third kappa shape index (κ3) is 4.42. The van der Waals surface area contributed by atoms with Gasteiger partial charge >= 0.3 is 12.4 Å². The zero-order valence-electron chi connectivity index (χ0n) is 14.5. The summed E-state index contributed by atoms with van der Waals surface area (Å²) in [7, 11) is -3.55. The van der Waals surface area contributed by atoms with Gasteiger partial charge in [-0.3, -0.25) is 0 Å². The number of nitrogens with zero attached hydrogens (tertiary/aromatic N) is 3. The Morgan fingerprint density at radius 1 is 0.897 bits per heavy atom. The largest absolute Gasteiger partial charge is 0.453 e. The van der Waals surface area contributed by atoms with Gasteiger partial charge in [0.25, 0.3) is 5.82 Å². The average molecular weight is 435 g/mol. The molecule has 0 N–H and O–H groups in total. The van der Waals surface area contributed by atoms with E-state index in [0.29, 0.717) is 10.7 Å². The summed E-state index contributed by atoms with van der Waals surface area (Å²) in [6, 6.07) is 8.30. The maximum Gasteiger partial charge on any atom is 0.453 e. The lowest BCUT2D eigenvalue weighted by molar-refractivity contribution is -0.144. The highest BCUT2D eigenvalue weighted by molar-refractivity contribution is 7.90. The van der Waals surface area contributed by atoms with Crippen molar-refractivity contribution in [1.29, 1.82) is 0 Å². The lowest BCUT2D eigenvalue weighted by Gasteiger charge is -2.10. The molecule has 3 rings (SSSR count). The summed E-state index contributed by atoms with van der Waals surface area (Å²) in [4.78, 5) is 3.28. The van der Waals surface area contributed by atoms with Gasteiger partial charge in [0, 0.05) is 11.8 Å². The molecule has 0 saturated carbocycles. The van der Waals surface area contributed by atoms with Crippen LogP contribution in [0.1, 0.15) is 11.4 Å². The van der Waals surface area contributed by atoms with Crippen molar-refractivity contribution in [2.75, 3.05) is 6.26 Å². The Labute approximate surface area is 160 Å². The molecule has 0 atom stereocenters. The van der Waals surface area contributed by atoms with Crippen LogP contribution in [0.15, 0.2) is 53.4 Å². The van der Waals surface area contributed by atoms with Crippen LogP contribution in [0, 0.1) is 0 Å². The van der Waals surface area contributed by atoms with Crippen molar-refractivity contribution in [3.8, 4) is 17.1 Å². The Morgan fingerprint density at radius 3 is 2.03 bits per heavy atom. The van der Waals surface area contributed by atoms with E-state index in [2.05, 4.69) is 10.1 Å². The van der Waals surface area contributed by atoms with Crippen LogP contribution in [-0.2, 0) is 22.2 Å². The van der Waals surface area contributed by atoms with Gasteiger partial charge in [-0.15, -0.1) is 5.10 Å². The van der Waals surface area contributed by atoms with Gasteiger partial charge in [0.15, 0.2) is 15.7 Å². The predicted molar refractivity (Wildman–Crippen MR) is 89.9 cm³/mol. The number of halogens is 6. The third-order valence-corrected chi connectivity index (χ3v) is 4.95. The molecule has 0 spiro atoms. The van der Waals surface area contributed by atoms with E-state index in [9.17, 15) is 34.8 Å². The van der Waals surface area contributed by atoms with Crippen molar-refractivity contribution in [2.24, 2.45) is 0 Å². The first-order valence-corrected chi connectivity index (χ1v) is 9.68. The Bertz CT molecular complexity index is 1150. The lowest BCUT2D eigenvalue weighted by Crippen LogP contribution is -2.08. The van der Waals surface area contributed by atoms with Crippen molar-refractivity contribution in [3.05, 3.63) is 59.9 Å². The van der Waals surface area contributed by atoms with Gasteiger partial charge in [-0.2, -0.15) is 26.3 Å². The average Bonchev–Trinajstić information content (AvgIpc) is 3.06.